The Bertz CT molecular complexity index is 299. The third-order valence-electron chi connectivity index (χ3n) is 1.36. The smallest absolute Gasteiger partial charge is 0.203 e. The van der Waals surface area contributed by atoms with Crippen molar-refractivity contribution < 1.29 is 9.90 Å². The quantitative estimate of drug-likeness (QED) is 0.645. The molecule has 1 rings (SSSR count). The van der Waals surface area contributed by atoms with E-state index in [1.165, 1.54) is 0 Å². The van der Waals surface area contributed by atoms with Gasteiger partial charge in [0.25, 0.3) is 0 Å². The zero-order chi connectivity index (χ0) is 9.14. The van der Waals surface area contributed by atoms with E-state index in [2.05, 4.69) is 15.9 Å². The van der Waals surface area contributed by atoms with Crippen LogP contribution in [0.2, 0.25) is 5.02 Å². The van der Waals surface area contributed by atoms with Crippen molar-refractivity contribution in [2.75, 3.05) is 0 Å². The van der Waals surface area contributed by atoms with Crippen molar-refractivity contribution >= 4 is 33.3 Å². The molecule has 1 aromatic rings. The van der Waals surface area contributed by atoms with Crippen molar-refractivity contribution in [3.05, 3.63) is 34.9 Å². The lowest BCUT2D eigenvalue weighted by molar-refractivity contribution is 0.0875. The summed E-state index contributed by atoms with van der Waals surface area (Å²) in [6.45, 7) is 0. The third kappa shape index (κ3) is 2.06. The Labute approximate surface area is 83.3 Å². The van der Waals surface area contributed by atoms with E-state index >= 15 is 0 Å². The second-order valence-electron chi connectivity index (χ2n) is 2.18. The van der Waals surface area contributed by atoms with Gasteiger partial charge in [-0.25, -0.2) is 0 Å². The van der Waals surface area contributed by atoms with Crippen LogP contribution in [0.5, 0.6) is 0 Å². The Morgan fingerprint density at radius 3 is 2.58 bits per heavy atom. The standard InChI is InChI=1S/C8H6BrClO2/c9-8(12)7(11)5-3-1-2-4-6(5)10/h1-4,8,12H. The molecular weight excluding hydrogens is 243 g/mol. The van der Waals surface area contributed by atoms with Gasteiger partial charge in [-0.1, -0.05) is 23.7 Å². The first kappa shape index (κ1) is 9.71. The minimum atomic E-state index is -1.18. The maximum atomic E-state index is 11.2. The van der Waals surface area contributed by atoms with Crippen LogP contribution >= 0.6 is 27.5 Å². The summed E-state index contributed by atoms with van der Waals surface area (Å²) in [5, 5.41) is 8.07. The molecule has 0 bridgehead atoms. The number of aliphatic hydroxyl groups is 1. The summed E-state index contributed by atoms with van der Waals surface area (Å²) in [5.41, 5.74) is 0.323. The van der Waals surface area contributed by atoms with Crippen LogP contribution in [0.4, 0.5) is 0 Å². The molecule has 0 aliphatic rings. The number of hydrogen-bond acceptors (Lipinski definition) is 2. The van der Waals surface area contributed by atoms with Crippen molar-refractivity contribution in [2.24, 2.45) is 0 Å². The van der Waals surface area contributed by atoms with E-state index in [1.807, 2.05) is 0 Å². The Hall–Kier alpha value is -0.380. The van der Waals surface area contributed by atoms with E-state index in [0.29, 0.717) is 10.6 Å². The number of ketones is 1. The van der Waals surface area contributed by atoms with E-state index in [4.69, 9.17) is 16.7 Å². The van der Waals surface area contributed by atoms with Crippen molar-refractivity contribution in [1.82, 2.24) is 0 Å². The lowest BCUT2D eigenvalue weighted by atomic mass is 10.1. The molecule has 12 heavy (non-hydrogen) atoms. The molecule has 0 aliphatic carbocycles. The van der Waals surface area contributed by atoms with E-state index in [-0.39, 0.29) is 0 Å². The van der Waals surface area contributed by atoms with E-state index < -0.39 is 10.8 Å². The molecule has 1 atom stereocenters. The summed E-state index contributed by atoms with van der Waals surface area (Å²) in [5.74, 6) is -0.430. The monoisotopic (exact) mass is 248 g/mol. The second kappa shape index (κ2) is 4.03. The van der Waals surface area contributed by atoms with Crippen LogP contribution in [0.3, 0.4) is 0 Å². The lowest BCUT2D eigenvalue weighted by Crippen LogP contribution is -2.13. The molecule has 1 N–H and O–H groups in total. The van der Waals surface area contributed by atoms with Gasteiger partial charge >= 0.3 is 0 Å². The molecule has 1 unspecified atom stereocenters. The van der Waals surface area contributed by atoms with Crippen LogP contribution in [0.15, 0.2) is 24.3 Å². The van der Waals surface area contributed by atoms with E-state index in [0.717, 1.165) is 0 Å². The number of halogens is 2. The van der Waals surface area contributed by atoms with Crippen LogP contribution in [-0.4, -0.2) is 15.9 Å². The van der Waals surface area contributed by atoms with Gasteiger partial charge in [-0.05, 0) is 28.1 Å². The van der Waals surface area contributed by atoms with Crippen molar-refractivity contribution in [3.8, 4) is 0 Å². The highest BCUT2D eigenvalue weighted by Gasteiger charge is 2.15. The van der Waals surface area contributed by atoms with Gasteiger partial charge in [-0.15, -0.1) is 0 Å². The van der Waals surface area contributed by atoms with Gasteiger partial charge < -0.3 is 5.11 Å². The van der Waals surface area contributed by atoms with Crippen LogP contribution in [0.1, 0.15) is 10.4 Å². The van der Waals surface area contributed by atoms with Gasteiger partial charge in [0.05, 0.1) is 5.02 Å². The Kier molecular flexibility index (Phi) is 3.26. The molecular formula is C8H6BrClO2. The number of carbonyl (C=O) groups is 1. The van der Waals surface area contributed by atoms with Crippen molar-refractivity contribution in [3.63, 3.8) is 0 Å². The van der Waals surface area contributed by atoms with Gasteiger partial charge in [-0.3, -0.25) is 4.79 Å². The minimum absolute atomic E-state index is 0.323. The Morgan fingerprint density at radius 1 is 1.50 bits per heavy atom. The molecule has 4 heteroatoms. The molecule has 0 heterocycles. The van der Waals surface area contributed by atoms with Crippen LogP contribution in [0.25, 0.3) is 0 Å². The molecule has 0 saturated heterocycles. The fraction of sp³-hybridized carbons (Fsp3) is 0.125. The van der Waals surface area contributed by atoms with Gasteiger partial charge in [0.2, 0.25) is 5.78 Å². The predicted molar refractivity (Wildman–Crippen MR) is 50.7 cm³/mol. The fourth-order valence-electron chi connectivity index (χ4n) is 0.789. The predicted octanol–water partition coefficient (Wildman–Crippen LogP) is 2.24. The zero-order valence-electron chi connectivity index (χ0n) is 6.00. The molecule has 0 radical (unpaired) electrons. The van der Waals surface area contributed by atoms with Crippen molar-refractivity contribution in [2.45, 2.75) is 5.01 Å². The average molecular weight is 249 g/mol. The normalized spacial score (nSPS) is 12.6. The van der Waals surface area contributed by atoms with E-state index in [9.17, 15) is 4.79 Å². The summed E-state index contributed by atoms with van der Waals surface area (Å²) < 4.78 is 0. The molecule has 64 valence electrons. The number of hydrogen-bond donors (Lipinski definition) is 1. The summed E-state index contributed by atoms with van der Waals surface area (Å²) in [4.78, 5) is 11.2. The molecule has 2 nitrogen and oxygen atoms in total. The second-order valence-corrected chi connectivity index (χ2v) is 3.45. The van der Waals surface area contributed by atoms with Gasteiger partial charge in [0.1, 0.15) is 0 Å². The number of carbonyl (C=O) groups excluding carboxylic acids is 1. The van der Waals surface area contributed by atoms with Gasteiger partial charge in [0.15, 0.2) is 5.01 Å². The van der Waals surface area contributed by atoms with E-state index in [1.54, 1.807) is 24.3 Å². The summed E-state index contributed by atoms with van der Waals surface area (Å²) >= 11 is 8.47. The van der Waals surface area contributed by atoms with Crippen LogP contribution < -0.4 is 0 Å². The summed E-state index contributed by atoms with van der Waals surface area (Å²) in [6.07, 6.45) is 0. The number of Topliss-reactive ketones (excluding diaryl/α,β-unsaturated/α-hetero) is 1. The number of rotatable bonds is 2. The molecule has 0 saturated carbocycles. The number of alkyl halides is 1. The van der Waals surface area contributed by atoms with Crippen LogP contribution in [-0.2, 0) is 0 Å². The molecule has 0 amide bonds. The third-order valence-corrected chi connectivity index (χ3v) is 2.10. The SMILES string of the molecule is O=C(c1ccccc1Cl)C(O)Br. The van der Waals surface area contributed by atoms with Crippen molar-refractivity contribution in [1.29, 1.82) is 0 Å². The molecule has 1 aromatic carbocycles. The summed E-state index contributed by atoms with van der Waals surface area (Å²) in [7, 11) is 0. The first-order chi connectivity index (χ1) is 5.63. The maximum Gasteiger partial charge on any atom is 0.203 e. The first-order valence-corrected chi connectivity index (χ1v) is 4.53. The number of benzene rings is 1. The number of aliphatic hydroxyl groups excluding tert-OH is 1. The minimum Gasteiger partial charge on any atom is -0.374 e. The molecule has 0 aromatic heterocycles. The largest absolute Gasteiger partial charge is 0.374 e. The molecule has 0 fully saturated rings. The zero-order valence-corrected chi connectivity index (χ0v) is 8.34. The van der Waals surface area contributed by atoms with Crippen LogP contribution in [0, 0.1) is 0 Å². The highest BCUT2D eigenvalue weighted by atomic mass is 79.9. The fourth-order valence-corrected chi connectivity index (χ4v) is 1.26. The average Bonchev–Trinajstić information content (AvgIpc) is 2.04. The van der Waals surface area contributed by atoms with Gasteiger partial charge in [0, 0.05) is 5.56 Å². The highest BCUT2D eigenvalue weighted by Crippen LogP contribution is 2.18. The summed E-state index contributed by atoms with van der Waals surface area (Å²) in [6, 6.07) is 6.58. The maximum absolute atomic E-state index is 11.2. The lowest BCUT2D eigenvalue weighted by Gasteiger charge is -2.03. The Balaban J connectivity index is 3.03. The molecule has 0 spiro atoms. The molecule has 0 aliphatic heterocycles. The van der Waals surface area contributed by atoms with Gasteiger partial charge in [-0.2, -0.15) is 0 Å². The first-order valence-electron chi connectivity index (χ1n) is 3.24. The Morgan fingerprint density at radius 2 is 2.08 bits per heavy atom. The highest BCUT2D eigenvalue weighted by molar-refractivity contribution is 9.09. The topological polar surface area (TPSA) is 37.3 Å².